The summed E-state index contributed by atoms with van der Waals surface area (Å²) in [5.41, 5.74) is 4.07. The van der Waals surface area contributed by atoms with Gasteiger partial charge < -0.3 is 25.4 Å². The van der Waals surface area contributed by atoms with Gasteiger partial charge in [0, 0.05) is 38.0 Å². The Morgan fingerprint density at radius 2 is 1.69 bits per heavy atom. The molecule has 222 valence electrons. The van der Waals surface area contributed by atoms with Crippen molar-refractivity contribution in [2.75, 3.05) is 20.3 Å². The molecular formula is C36H43NO5. The topological polar surface area (TPSA) is 99.0 Å². The van der Waals surface area contributed by atoms with Crippen molar-refractivity contribution in [3.8, 4) is 16.9 Å². The minimum absolute atomic E-state index is 0.0666. The van der Waals surface area contributed by atoms with Crippen molar-refractivity contribution in [2.45, 2.75) is 51.9 Å². The first-order chi connectivity index (χ1) is 20.1. The first-order valence-electron chi connectivity index (χ1n) is 14.8. The van der Waals surface area contributed by atoms with E-state index >= 15 is 0 Å². The number of aryl methyl sites for hydroxylation is 1. The highest BCUT2D eigenvalue weighted by Gasteiger charge is 2.79. The number of rotatable bonds is 12. The average molecular weight is 570 g/mol. The van der Waals surface area contributed by atoms with Crippen molar-refractivity contribution in [1.29, 1.82) is 0 Å². The molecule has 0 radical (unpaired) electrons. The largest absolute Gasteiger partial charge is 0.508 e. The van der Waals surface area contributed by atoms with E-state index in [0.717, 1.165) is 40.8 Å². The predicted molar refractivity (Wildman–Crippen MR) is 165 cm³/mol. The second-order valence-corrected chi connectivity index (χ2v) is 12.5. The number of Topliss-reactive ketones (excluding diaryl/α,β-unsaturated/α-hetero) is 1. The van der Waals surface area contributed by atoms with Crippen LogP contribution in [0.1, 0.15) is 43.4 Å². The number of nitrogens with one attached hydrogen (secondary N) is 1. The first kappa shape index (κ1) is 30.2. The number of hydrogen-bond acceptors (Lipinski definition) is 6. The van der Waals surface area contributed by atoms with Crippen LogP contribution in [-0.2, 0) is 28.9 Å². The molecule has 3 aromatic rings. The van der Waals surface area contributed by atoms with Crippen LogP contribution in [0, 0.1) is 22.7 Å². The van der Waals surface area contributed by atoms with Gasteiger partial charge in [-0.25, -0.2) is 0 Å². The fourth-order valence-electron chi connectivity index (χ4n) is 7.69. The summed E-state index contributed by atoms with van der Waals surface area (Å²) >= 11 is 0. The molecular weight excluding hydrogens is 526 g/mol. The van der Waals surface area contributed by atoms with Gasteiger partial charge in [-0.05, 0) is 77.7 Å². The molecule has 2 aliphatic carbocycles. The lowest BCUT2D eigenvalue weighted by Gasteiger charge is -2.46. The number of phenolic OH excluding ortho intramolecular Hbond substituents is 1. The number of aliphatic hydroxyl groups is 2. The van der Waals surface area contributed by atoms with E-state index in [9.17, 15) is 20.1 Å². The lowest BCUT2D eigenvalue weighted by molar-refractivity contribution is -0.253. The van der Waals surface area contributed by atoms with Crippen molar-refractivity contribution < 1.29 is 24.9 Å². The number of ketones is 1. The highest BCUT2D eigenvalue weighted by atomic mass is 16.6. The number of hydrogen-bond donors (Lipinski definition) is 4. The predicted octanol–water partition coefficient (Wildman–Crippen LogP) is 5.44. The zero-order valence-corrected chi connectivity index (χ0v) is 24.9. The Labute approximate surface area is 249 Å². The summed E-state index contributed by atoms with van der Waals surface area (Å²) in [5.74, 6) is -2.29. The number of fused-ring (bicyclic) bond motifs is 2. The molecule has 2 saturated carbocycles. The van der Waals surface area contributed by atoms with E-state index < -0.39 is 22.5 Å². The molecule has 0 amide bonds. The molecule has 3 aromatic carbocycles. The lowest BCUT2D eigenvalue weighted by atomic mass is 9.58. The van der Waals surface area contributed by atoms with E-state index in [4.69, 9.17) is 4.74 Å². The Morgan fingerprint density at radius 3 is 2.40 bits per heavy atom. The molecule has 6 nitrogen and oxygen atoms in total. The van der Waals surface area contributed by atoms with Crippen LogP contribution in [0.4, 0.5) is 0 Å². The third-order valence-electron chi connectivity index (χ3n) is 9.98. The van der Waals surface area contributed by atoms with Gasteiger partial charge in [-0.1, -0.05) is 80.6 Å². The van der Waals surface area contributed by atoms with Crippen LogP contribution in [0.5, 0.6) is 5.75 Å². The summed E-state index contributed by atoms with van der Waals surface area (Å²) in [7, 11) is 1.44. The number of phenols is 1. The van der Waals surface area contributed by atoms with Gasteiger partial charge in [0.05, 0.1) is 5.41 Å². The maximum atomic E-state index is 14.1. The maximum Gasteiger partial charge on any atom is 0.185 e. The van der Waals surface area contributed by atoms with Gasteiger partial charge >= 0.3 is 0 Å². The summed E-state index contributed by atoms with van der Waals surface area (Å²) in [6.45, 7) is 9.51. The van der Waals surface area contributed by atoms with E-state index in [-0.39, 0.29) is 30.5 Å². The Kier molecular flexibility index (Phi) is 8.46. The molecule has 0 saturated heterocycles. The molecule has 2 bridgehead atoms. The molecule has 4 N–H and O–H groups in total. The smallest absolute Gasteiger partial charge is 0.185 e. The quantitative estimate of drug-likeness (QED) is 0.132. The molecule has 6 heteroatoms. The van der Waals surface area contributed by atoms with Crippen LogP contribution in [-0.4, -0.2) is 47.2 Å². The average Bonchev–Trinajstić information content (AvgIpc) is 3.34. The number of carbonyl (C=O) groups is 1. The second-order valence-electron chi connectivity index (χ2n) is 12.5. The Hall–Kier alpha value is -3.29. The SMILES string of the molecule is C=C1[C@@H]2[C@H](CO)C[C@@](C(=O)CCc3cccc(-c4cc(O)cc(CNCCc5ccccc5)c4)c3)(C1(C)C)[C@@]2(O)OC. The van der Waals surface area contributed by atoms with E-state index in [0.29, 0.717) is 19.4 Å². The summed E-state index contributed by atoms with van der Waals surface area (Å²) in [6.07, 6.45) is 2.03. The van der Waals surface area contributed by atoms with Gasteiger partial charge in [-0.15, -0.1) is 0 Å². The normalized spacial score (nSPS) is 26.1. The second kappa shape index (κ2) is 11.8. The number of aliphatic hydroxyl groups excluding tert-OH is 1. The molecule has 0 unspecified atom stereocenters. The van der Waals surface area contributed by atoms with E-state index in [2.05, 4.69) is 36.2 Å². The van der Waals surface area contributed by atoms with E-state index in [1.54, 1.807) is 12.1 Å². The Bertz CT molecular complexity index is 1450. The minimum atomic E-state index is -1.69. The lowest BCUT2D eigenvalue weighted by Crippen LogP contribution is -2.55. The van der Waals surface area contributed by atoms with Gasteiger partial charge in [-0.3, -0.25) is 4.79 Å². The summed E-state index contributed by atoms with van der Waals surface area (Å²) in [6, 6.07) is 24.0. The zero-order chi connectivity index (χ0) is 30.1. The van der Waals surface area contributed by atoms with Crippen molar-refractivity contribution in [2.24, 2.45) is 22.7 Å². The fraction of sp³-hybridized carbons (Fsp3) is 0.417. The highest BCUT2D eigenvalue weighted by Crippen LogP contribution is 2.73. The molecule has 0 aromatic heterocycles. The molecule has 4 atom stereocenters. The number of benzene rings is 3. The van der Waals surface area contributed by atoms with Crippen molar-refractivity contribution in [1.82, 2.24) is 5.32 Å². The molecule has 2 fully saturated rings. The number of aromatic hydroxyl groups is 1. The van der Waals surface area contributed by atoms with Crippen molar-refractivity contribution >= 4 is 5.78 Å². The van der Waals surface area contributed by atoms with Crippen LogP contribution in [0.25, 0.3) is 11.1 Å². The summed E-state index contributed by atoms with van der Waals surface area (Å²) in [4.78, 5) is 14.1. The van der Waals surface area contributed by atoms with Gasteiger partial charge in [0.1, 0.15) is 11.5 Å². The monoisotopic (exact) mass is 569 g/mol. The van der Waals surface area contributed by atoms with E-state index in [1.807, 2.05) is 50.2 Å². The highest BCUT2D eigenvalue weighted by molar-refractivity contribution is 5.89. The van der Waals surface area contributed by atoms with Gasteiger partial charge in [-0.2, -0.15) is 0 Å². The molecule has 5 rings (SSSR count). The number of methoxy groups -OCH3 is 1. The van der Waals surface area contributed by atoms with Crippen LogP contribution < -0.4 is 5.32 Å². The molecule has 0 heterocycles. The molecule has 42 heavy (non-hydrogen) atoms. The summed E-state index contributed by atoms with van der Waals surface area (Å²) < 4.78 is 5.69. The van der Waals surface area contributed by atoms with Crippen LogP contribution >= 0.6 is 0 Å². The summed E-state index contributed by atoms with van der Waals surface area (Å²) in [5, 5.41) is 35.7. The molecule has 0 spiro atoms. The van der Waals surface area contributed by atoms with Gasteiger partial charge in [0.25, 0.3) is 0 Å². The van der Waals surface area contributed by atoms with Crippen molar-refractivity contribution in [3.05, 3.63) is 102 Å². The molecule has 0 aliphatic heterocycles. The third-order valence-corrected chi connectivity index (χ3v) is 9.98. The van der Waals surface area contributed by atoms with Crippen molar-refractivity contribution in [3.63, 3.8) is 0 Å². The third kappa shape index (κ3) is 5.01. The number of carbonyl (C=O) groups excluding carboxylic acids is 1. The zero-order valence-electron chi connectivity index (χ0n) is 24.9. The van der Waals surface area contributed by atoms with Crippen LogP contribution in [0.2, 0.25) is 0 Å². The Morgan fingerprint density at radius 1 is 0.976 bits per heavy atom. The maximum absolute atomic E-state index is 14.1. The van der Waals surface area contributed by atoms with Gasteiger partial charge in [0.15, 0.2) is 5.79 Å². The fourth-order valence-corrected chi connectivity index (χ4v) is 7.69. The standard InChI is InChI=1S/C36H43NO5/c1-24-33-30(23-38)21-35(34(24,2)3,36(33,41)42-4)32(40)14-13-26-11-8-12-28(17-26)29-18-27(19-31(39)20-29)22-37-16-15-25-9-6-5-7-10-25/h5-12,17-20,30,33,37-39,41H,1,13-16,21-23H2,2-4H3/t30-,33+,35+,36-/m0/s1. The van der Waals surface area contributed by atoms with Gasteiger partial charge in [0.2, 0.25) is 0 Å². The van der Waals surface area contributed by atoms with Crippen LogP contribution in [0.15, 0.2) is 84.9 Å². The molecule has 2 aliphatic rings. The Balaban J connectivity index is 1.29. The van der Waals surface area contributed by atoms with Crippen LogP contribution in [0.3, 0.4) is 0 Å². The first-order valence-corrected chi connectivity index (χ1v) is 14.8. The number of ether oxygens (including phenoxy) is 1. The minimum Gasteiger partial charge on any atom is -0.508 e. The van der Waals surface area contributed by atoms with E-state index in [1.165, 1.54) is 12.7 Å².